The molecule has 0 fully saturated rings. The van der Waals surface area contributed by atoms with E-state index in [4.69, 9.17) is 17.3 Å². The fourth-order valence-electron chi connectivity index (χ4n) is 1.60. The molecule has 0 saturated heterocycles. The molecule has 0 atom stereocenters. The number of hydrogen-bond acceptors (Lipinski definition) is 2. The van der Waals surface area contributed by atoms with Crippen LogP contribution in [0.2, 0.25) is 5.02 Å². The third-order valence-electron chi connectivity index (χ3n) is 2.60. The SMILES string of the molecule is Nc1cccc(Cl)c1Nc1cc(C(F)(F)F)ccc1Br. The molecular formula is C13H9BrClF3N2. The number of hydrogen-bond donors (Lipinski definition) is 2. The topological polar surface area (TPSA) is 38.0 Å². The number of nitrogen functional groups attached to an aromatic ring is 1. The van der Waals surface area contributed by atoms with Crippen LogP contribution in [0.15, 0.2) is 40.9 Å². The van der Waals surface area contributed by atoms with Gasteiger partial charge in [-0.1, -0.05) is 17.7 Å². The fourth-order valence-corrected chi connectivity index (χ4v) is 2.18. The number of rotatable bonds is 2. The first-order valence-corrected chi connectivity index (χ1v) is 6.64. The molecule has 2 aromatic rings. The first-order chi connectivity index (χ1) is 9.29. The second kappa shape index (κ2) is 5.54. The van der Waals surface area contributed by atoms with E-state index in [2.05, 4.69) is 21.2 Å². The second-order valence-electron chi connectivity index (χ2n) is 4.02. The molecule has 3 N–H and O–H groups in total. The number of para-hydroxylation sites is 1. The molecule has 2 aromatic carbocycles. The van der Waals surface area contributed by atoms with Crippen molar-refractivity contribution < 1.29 is 13.2 Å². The van der Waals surface area contributed by atoms with E-state index in [1.54, 1.807) is 18.2 Å². The Balaban J connectivity index is 2.43. The molecule has 20 heavy (non-hydrogen) atoms. The molecule has 7 heteroatoms. The van der Waals surface area contributed by atoms with Crippen molar-refractivity contribution in [3.63, 3.8) is 0 Å². The van der Waals surface area contributed by atoms with Crippen molar-refractivity contribution in [1.29, 1.82) is 0 Å². The summed E-state index contributed by atoms with van der Waals surface area (Å²) in [6.07, 6.45) is -4.41. The van der Waals surface area contributed by atoms with Crippen molar-refractivity contribution in [3.05, 3.63) is 51.5 Å². The normalized spacial score (nSPS) is 11.4. The van der Waals surface area contributed by atoms with Crippen molar-refractivity contribution in [2.24, 2.45) is 0 Å². The van der Waals surface area contributed by atoms with Crippen LogP contribution in [0.5, 0.6) is 0 Å². The molecule has 0 spiro atoms. The van der Waals surface area contributed by atoms with Gasteiger partial charge >= 0.3 is 6.18 Å². The quantitative estimate of drug-likeness (QED) is 0.695. The van der Waals surface area contributed by atoms with Gasteiger partial charge in [-0.3, -0.25) is 0 Å². The summed E-state index contributed by atoms with van der Waals surface area (Å²) in [5.41, 5.74) is 5.96. The Labute approximate surface area is 126 Å². The minimum absolute atomic E-state index is 0.236. The van der Waals surface area contributed by atoms with Gasteiger partial charge in [0.25, 0.3) is 0 Å². The average Bonchev–Trinajstić information content (AvgIpc) is 2.34. The highest BCUT2D eigenvalue weighted by atomic mass is 79.9. The van der Waals surface area contributed by atoms with Crippen LogP contribution in [-0.4, -0.2) is 0 Å². The predicted molar refractivity (Wildman–Crippen MR) is 78.3 cm³/mol. The first-order valence-electron chi connectivity index (χ1n) is 5.47. The van der Waals surface area contributed by atoms with Gasteiger partial charge in [0.05, 0.1) is 27.6 Å². The Hall–Kier alpha value is -1.40. The van der Waals surface area contributed by atoms with E-state index in [1.165, 1.54) is 6.07 Å². The fraction of sp³-hybridized carbons (Fsp3) is 0.0769. The standard InChI is InChI=1S/C13H9BrClF3N2/c14-8-5-4-7(13(16,17)18)6-11(8)20-12-9(15)2-1-3-10(12)19/h1-6,20H,19H2. The third-order valence-corrected chi connectivity index (χ3v) is 3.61. The summed E-state index contributed by atoms with van der Waals surface area (Å²) < 4.78 is 38.6. The van der Waals surface area contributed by atoms with Crippen LogP contribution in [0.25, 0.3) is 0 Å². The van der Waals surface area contributed by atoms with Crippen LogP contribution in [0.3, 0.4) is 0 Å². The van der Waals surface area contributed by atoms with Gasteiger partial charge in [0.2, 0.25) is 0 Å². The van der Waals surface area contributed by atoms with Crippen molar-refractivity contribution in [2.45, 2.75) is 6.18 Å². The van der Waals surface area contributed by atoms with Gasteiger partial charge in [0.1, 0.15) is 0 Å². The zero-order chi connectivity index (χ0) is 14.9. The lowest BCUT2D eigenvalue weighted by Gasteiger charge is -2.15. The molecule has 0 unspecified atom stereocenters. The predicted octanol–water partition coefficient (Wildman–Crippen LogP) is 5.45. The van der Waals surface area contributed by atoms with Crippen LogP contribution in [0.4, 0.5) is 30.2 Å². The highest BCUT2D eigenvalue weighted by Crippen LogP contribution is 2.37. The summed E-state index contributed by atoms with van der Waals surface area (Å²) in [6, 6.07) is 8.16. The Morgan fingerprint density at radius 3 is 2.45 bits per heavy atom. The van der Waals surface area contributed by atoms with Gasteiger partial charge in [-0.2, -0.15) is 13.2 Å². The van der Waals surface area contributed by atoms with Gasteiger partial charge in [-0.15, -0.1) is 0 Å². The Morgan fingerprint density at radius 1 is 1.15 bits per heavy atom. The zero-order valence-electron chi connectivity index (χ0n) is 9.93. The molecule has 0 aliphatic rings. The number of benzene rings is 2. The molecule has 0 saturated carbocycles. The largest absolute Gasteiger partial charge is 0.416 e. The lowest BCUT2D eigenvalue weighted by Crippen LogP contribution is -2.06. The molecule has 0 aliphatic heterocycles. The van der Waals surface area contributed by atoms with Crippen molar-refractivity contribution >= 4 is 44.6 Å². The van der Waals surface area contributed by atoms with E-state index in [-0.39, 0.29) is 5.69 Å². The summed E-state index contributed by atoms with van der Waals surface area (Å²) >= 11 is 9.17. The molecule has 0 bridgehead atoms. The van der Waals surface area contributed by atoms with Crippen LogP contribution < -0.4 is 11.1 Å². The van der Waals surface area contributed by atoms with Crippen LogP contribution in [-0.2, 0) is 6.18 Å². The zero-order valence-corrected chi connectivity index (χ0v) is 12.3. The molecule has 0 radical (unpaired) electrons. The minimum Gasteiger partial charge on any atom is -0.397 e. The minimum atomic E-state index is -4.41. The Bertz CT molecular complexity index is 624. The van der Waals surface area contributed by atoms with Gasteiger partial charge < -0.3 is 11.1 Å². The number of nitrogens with two attached hydrogens (primary N) is 1. The summed E-state index contributed by atoms with van der Waals surface area (Å²) in [4.78, 5) is 0. The molecule has 0 amide bonds. The highest BCUT2D eigenvalue weighted by Gasteiger charge is 2.31. The van der Waals surface area contributed by atoms with Gasteiger partial charge in [0.15, 0.2) is 0 Å². The van der Waals surface area contributed by atoms with Gasteiger partial charge in [0, 0.05) is 4.47 Å². The smallest absolute Gasteiger partial charge is 0.397 e. The molecule has 2 nitrogen and oxygen atoms in total. The van der Waals surface area contributed by atoms with Crippen LogP contribution >= 0.6 is 27.5 Å². The van der Waals surface area contributed by atoms with Gasteiger partial charge in [-0.25, -0.2) is 0 Å². The number of anilines is 3. The summed E-state index contributed by atoms with van der Waals surface area (Å²) in [5, 5.41) is 3.15. The molecular weight excluding hydrogens is 357 g/mol. The Kier molecular flexibility index (Phi) is 4.15. The van der Waals surface area contributed by atoms with Crippen molar-refractivity contribution in [1.82, 2.24) is 0 Å². The first kappa shape index (κ1) is 15.0. The summed E-state index contributed by atoms with van der Waals surface area (Å²) in [6.45, 7) is 0. The number of alkyl halides is 3. The molecule has 0 aliphatic carbocycles. The molecule has 0 aromatic heterocycles. The summed E-state index contributed by atoms with van der Waals surface area (Å²) in [7, 11) is 0. The average molecular weight is 366 g/mol. The lowest BCUT2D eigenvalue weighted by atomic mass is 10.2. The van der Waals surface area contributed by atoms with E-state index in [0.29, 0.717) is 20.9 Å². The third kappa shape index (κ3) is 3.19. The summed E-state index contributed by atoms with van der Waals surface area (Å²) in [5.74, 6) is 0. The van der Waals surface area contributed by atoms with Crippen molar-refractivity contribution in [2.75, 3.05) is 11.1 Å². The monoisotopic (exact) mass is 364 g/mol. The van der Waals surface area contributed by atoms with E-state index in [0.717, 1.165) is 12.1 Å². The maximum atomic E-state index is 12.7. The van der Waals surface area contributed by atoms with Gasteiger partial charge in [-0.05, 0) is 46.3 Å². The maximum Gasteiger partial charge on any atom is 0.416 e. The number of halogens is 5. The van der Waals surface area contributed by atoms with Crippen molar-refractivity contribution in [3.8, 4) is 0 Å². The van der Waals surface area contributed by atoms with E-state index in [9.17, 15) is 13.2 Å². The molecule has 2 rings (SSSR count). The Morgan fingerprint density at radius 2 is 1.85 bits per heavy atom. The van der Waals surface area contributed by atoms with E-state index in [1.807, 2.05) is 0 Å². The van der Waals surface area contributed by atoms with E-state index < -0.39 is 11.7 Å². The molecule has 0 heterocycles. The molecule has 106 valence electrons. The van der Waals surface area contributed by atoms with Crippen LogP contribution in [0.1, 0.15) is 5.56 Å². The maximum absolute atomic E-state index is 12.7. The second-order valence-corrected chi connectivity index (χ2v) is 5.28. The van der Waals surface area contributed by atoms with Crippen LogP contribution in [0, 0.1) is 0 Å². The number of nitrogens with one attached hydrogen (secondary N) is 1. The van der Waals surface area contributed by atoms with E-state index >= 15 is 0 Å². The highest BCUT2D eigenvalue weighted by molar-refractivity contribution is 9.10. The lowest BCUT2D eigenvalue weighted by molar-refractivity contribution is -0.137.